The molecule has 2 aromatic rings. The van der Waals surface area contributed by atoms with Crippen molar-refractivity contribution in [1.82, 2.24) is 24.6 Å². The molecule has 1 N–H and O–H groups in total. The second-order valence-electron chi connectivity index (χ2n) is 6.64. The van der Waals surface area contributed by atoms with E-state index in [2.05, 4.69) is 10.2 Å². The summed E-state index contributed by atoms with van der Waals surface area (Å²) in [5, 5.41) is 18.2. The van der Waals surface area contributed by atoms with E-state index >= 15 is 0 Å². The zero-order chi connectivity index (χ0) is 17.2. The molecule has 2 heterocycles. The molecule has 7 heteroatoms. The van der Waals surface area contributed by atoms with E-state index in [4.69, 9.17) is 0 Å². The van der Waals surface area contributed by atoms with Gasteiger partial charge in [-0.3, -0.25) is 9.36 Å². The number of rotatable bonds is 4. The lowest BCUT2D eigenvalue weighted by molar-refractivity contribution is -0.0324. The molecular weight excluding hydrogens is 306 g/mol. The van der Waals surface area contributed by atoms with Gasteiger partial charge in [-0.25, -0.2) is 0 Å². The van der Waals surface area contributed by atoms with Crippen LogP contribution in [0, 0.1) is 0 Å². The van der Waals surface area contributed by atoms with Crippen LogP contribution >= 0.6 is 0 Å². The lowest BCUT2D eigenvalue weighted by Crippen LogP contribution is -2.51. The number of aromatic nitrogens is 3. The third kappa shape index (κ3) is 3.47. The summed E-state index contributed by atoms with van der Waals surface area (Å²) in [5.74, 6) is -0.0220. The monoisotopic (exact) mass is 329 g/mol. The second kappa shape index (κ2) is 6.70. The number of benzene rings is 1. The third-order valence-corrected chi connectivity index (χ3v) is 4.42. The maximum Gasteiger partial charge on any atom is 0.255 e. The van der Waals surface area contributed by atoms with Gasteiger partial charge < -0.3 is 14.9 Å². The van der Waals surface area contributed by atoms with Gasteiger partial charge in [0.15, 0.2) is 0 Å². The van der Waals surface area contributed by atoms with Gasteiger partial charge in [0.05, 0.1) is 16.9 Å². The first-order valence-electron chi connectivity index (χ1n) is 8.09. The summed E-state index contributed by atoms with van der Waals surface area (Å²) in [6, 6.07) is 7.44. The van der Waals surface area contributed by atoms with Crippen LogP contribution in [-0.2, 0) is 0 Å². The molecule has 0 aliphatic carbocycles. The molecule has 0 unspecified atom stereocenters. The molecule has 1 aromatic carbocycles. The predicted octanol–water partition coefficient (Wildman–Crippen LogP) is 0.796. The number of hydrogen-bond donors (Lipinski definition) is 1. The largest absolute Gasteiger partial charge is 0.388 e. The number of nitrogens with zero attached hydrogens (tertiary/aromatic N) is 5. The van der Waals surface area contributed by atoms with Crippen molar-refractivity contribution in [2.75, 3.05) is 33.7 Å². The highest BCUT2D eigenvalue weighted by molar-refractivity contribution is 5.97. The number of para-hydroxylation sites is 1. The minimum atomic E-state index is -0.714. The Morgan fingerprint density at radius 2 is 1.83 bits per heavy atom. The lowest BCUT2D eigenvalue weighted by atomic mass is 9.90. The summed E-state index contributed by atoms with van der Waals surface area (Å²) < 4.78 is 1.74. The van der Waals surface area contributed by atoms with Crippen molar-refractivity contribution >= 4 is 5.91 Å². The Balaban J connectivity index is 1.75. The van der Waals surface area contributed by atoms with Crippen LogP contribution in [0.2, 0.25) is 0 Å². The topological polar surface area (TPSA) is 74.5 Å². The Hall–Kier alpha value is -2.25. The van der Waals surface area contributed by atoms with Crippen LogP contribution < -0.4 is 0 Å². The summed E-state index contributed by atoms with van der Waals surface area (Å²) in [4.78, 5) is 16.7. The van der Waals surface area contributed by atoms with E-state index in [0.29, 0.717) is 38.0 Å². The number of piperidine rings is 1. The highest BCUT2D eigenvalue weighted by Gasteiger charge is 2.34. The average molecular weight is 329 g/mol. The molecule has 1 fully saturated rings. The zero-order valence-electron chi connectivity index (χ0n) is 14.1. The molecule has 1 aliphatic heterocycles. The molecule has 1 amide bonds. The van der Waals surface area contributed by atoms with Gasteiger partial charge in [-0.05, 0) is 39.1 Å². The van der Waals surface area contributed by atoms with Crippen LogP contribution in [0.25, 0.3) is 5.69 Å². The molecule has 7 nitrogen and oxygen atoms in total. The maximum absolute atomic E-state index is 12.9. The van der Waals surface area contributed by atoms with Gasteiger partial charge in [-0.2, -0.15) is 0 Å². The molecule has 0 spiro atoms. The molecule has 1 saturated heterocycles. The standard InChI is InChI=1S/C17H23N5O2/c1-20(2)11-17(24)7-9-21(10-8-17)16(23)14-5-3-4-6-15(14)22-12-18-19-13-22/h3-6,12-13,24H,7-11H2,1-2H3. The summed E-state index contributed by atoms with van der Waals surface area (Å²) >= 11 is 0. The first-order chi connectivity index (χ1) is 11.5. The maximum atomic E-state index is 12.9. The summed E-state index contributed by atoms with van der Waals surface area (Å²) in [7, 11) is 3.90. The Kier molecular flexibility index (Phi) is 4.64. The summed E-state index contributed by atoms with van der Waals surface area (Å²) in [6.45, 7) is 1.73. The van der Waals surface area contributed by atoms with E-state index in [-0.39, 0.29) is 5.91 Å². The van der Waals surface area contributed by atoms with Crippen molar-refractivity contribution in [3.63, 3.8) is 0 Å². The predicted molar refractivity (Wildman–Crippen MR) is 90.0 cm³/mol. The number of likely N-dealkylation sites (N-methyl/N-ethyl adjacent to an activating group) is 1. The minimum Gasteiger partial charge on any atom is -0.388 e. The number of aliphatic hydroxyl groups is 1. The molecule has 0 saturated carbocycles. The van der Waals surface area contributed by atoms with E-state index in [0.717, 1.165) is 5.69 Å². The van der Waals surface area contributed by atoms with Crippen molar-refractivity contribution in [1.29, 1.82) is 0 Å². The summed E-state index contributed by atoms with van der Waals surface area (Å²) in [6.07, 6.45) is 4.34. The number of carbonyl (C=O) groups is 1. The van der Waals surface area contributed by atoms with Gasteiger partial charge in [0, 0.05) is 19.6 Å². The van der Waals surface area contributed by atoms with Crippen molar-refractivity contribution in [2.24, 2.45) is 0 Å². The van der Waals surface area contributed by atoms with Gasteiger partial charge in [0.25, 0.3) is 5.91 Å². The van der Waals surface area contributed by atoms with Gasteiger partial charge >= 0.3 is 0 Å². The zero-order valence-corrected chi connectivity index (χ0v) is 14.1. The highest BCUT2D eigenvalue weighted by atomic mass is 16.3. The van der Waals surface area contributed by atoms with Gasteiger partial charge in [-0.1, -0.05) is 12.1 Å². The van der Waals surface area contributed by atoms with E-state index in [1.165, 1.54) is 0 Å². The molecule has 0 radical (unpaired) electrons. The SMILES string of the molecule is CN(C)CC1(O)CCN(C(=O)c2ccccc2-n2cnnc2)CC1. The van der Waals surface area contributed by atoms with Crippen LogP contribution in [0.5, 0.6) is 0 Å². The number of hydrogen-bond acceptors (Lipinski definition) is 5. The number of carbonyl (C=O) groups excluding carboxylic acids is 1. The van der Waals surface area contributed by atoms with Crippen LogP contribution in [-0.4, -0.2) is 74.9 Å². The average Bonchev–Trinajstić information content (AvgIpc) is 3.08. The van der Waals surface area contributed by atoms with Crippen molar-refractivity contribution in [2.45, 2.75) is 18.4 Å². The third-order valence-electron chi connectivity index (χ3n) is 4.42. The fraction of sp³-hybridized carbons (Fsp3) is 0.471. The Morgan fingerprint density at radius 1 is 1.21 bits per heavy atom. The van der Waals surface area contributed by atoms with Crippen LogP contribution in [0.15, 0.2) is 36.9 Å². The van der Waals surface area contributed by atoms with Gasteiger partial charge in [0.2, 0.25) is 0 Å². The fourth-order valence-corrected chi connectivity index (χ4v) is 3.25. The van der Waals surface area contributed by atoms with Gasteiger partial charge in [-0.15, -0.1) is 10.2 Å². The smallest absolute Gasteiger partial charge is 0.255 e. The molecule has 0 atom stereocenters. The van der Waals surface area contributed by atoms with E-state index in [9.17, 15) is 9.90 Å². The molecule has 128 valence electrons. The van der Waals surface area contributed by atoms with E-state index < -0.39 is 5.60 Å². The van der Waals surface area contributed by atoms with Crippen molar-refractivity contribution < 1.29 is 9.90 Å². The molecule has 24 heavy (non-hydrogen) atoms. The first-order valence-corrected chi connectivity index (χ1v) is 8.09. The quantitative estimate of drug-likeness (QED) is 0.898. The Labute approximate surface area is 141 Å². The Morgan fingerprint density at radius 3 is 2.46 bits per heavy atom. The molecule has 0 bridgehead atoms. The minimum absolute atomic E-state index is 0.0220. The highest BCUT2D eigenvalue weighted by Crippen LogP contribution is 2.25. The van der Waals surface area contributed by atoms with Crippen molar-refractivity contribution in [3.05, 3.63) is 42.5 Å². The van der Waals surface area contributed by atoms with Crippen LogP contribution in [0.4, 0.5) is 0 Å². The molecule has 1 aromatic heterocycles. The normalized spacial score (nSPS) is 17.2. The van der Waals surface area contributed by atoms with E-state index in [1.54, 1.807) is 17.2 Å². The molecule has 3 rings (SSSR count). The Bertz CT molecular complexity index is 691. The van der Waals surface area contributed by atoms with Crippen LogP contribution in [0.1, 0.15) is 23.2 Å². The number of amides is 1. The van der Waals surface area contributed by atoms with Crippen LogP contribution in [0.3, 0.4) is 0 Å². The fourth-order valence-electron chi connectivity index (χ4n) is 3.25. The molecular formula is C17H23N5O2. The number of likely N-dealkylation sites (tertiary alicyclic amines) is 1. The van der Waals surface area contributed by atoms with Crippen molar-refractivity contribution in [3.8, 4) is 5.69 Å². The molecule has 1 aliphatic rings. The first kappa shape index (κ1) is 16.6. The van der Waals surface area contributed by atoms with Gasteiger partial charge in [0.1, 0.15) is 12.7 Å². The van der Waals surface area contributed by atoms with E-state index in [1.807, 2.05) is 48.2 Å². The summed E-state index contributed by atoms with van der Waals surface area (Å²) in [5.41, 5.74) is 0.672. The lowest BCUT2D eigenvalue weighted by Gasteiger charge is -2.39. The second-order valence-corrected chi connectivity index (χ2v) is 6.64.